The monoisotopic (exact) mass is 1870 g/mol. The highest BCUT2D eigenvalue weighted by Crippen LogP contribution is 2.56. The number of rotatable bonds is 16. The van der Waals surface area contributed by atoms with Gasteiger partial charge in [-0.15, -0.1) is 0 Å². The predicted octanol–water partition coefficient (Wildman–Crippen LogP) is 35.3. The highest BCUT2D eigenvalue weighted by molar-refractivity contribution is 7.91. The molecule has 0 unspecified atom stereocenters. The van der Waals surface area contributed by atoms with Gasteiger partial charge in [-0.05, 0) is 156 Å². The van der Waals surface area contributed by atoms with Crippen LogP contribution in [0.25, 0.3) is 0 Å². The van der Waals surface area contributed by atoms with Crippen LogP contribution in [0, 0.1) is 0 Å². The minimum atomic E-state index is -5.62. The third-order valence-electron chi connectivity index (χ3n) is 17.0. The molecule has 0 N–H and O–H groups in total. The van der Waals surface area contributed by atoms with Gasteiger partial charge in [0, 0.05) is 11.5 Å². The maximum Gasteiger partial charge on any atom is 0.411 e. The summed E-state index contributed by atoms with van der Waals surface area (Å²) in [5, 5.41) is 0. The minimum Gasteiger partial charge on any atom is -0.497 e. The van der Waals surface area contributed by atoms with Gasteiger partial charge in [-0.1, -0.05) is 434 Å². The third kappa shape index (κ3) is 50.6. The maximum atomic E-state index is 13.8. The lowest BCUT2D eigenvalue weighted by Crippen LogP contribution is -2.54. The van der Waals surface area contributed by atoms with Crippen molar-refractivity contribution in [1.29, 1.82) is 0 Å². The van der Waals surface area contributed by atoms with E-state index in [2.05, 4.69) is 38.1 Å². The summed E-state index contributed by atoms with van der Waals surface area (Å²) in [6.07, 6.45) is -11.2. The Bertz CT molecular complexity index is 4530. The number of para-hydroxylation sites is 2. The first-order chi connectivity index (χ1) is 65.6. The molecule has 0 aliphatic heterocycles. The van der Waals surface area contributed by atoms with Gasteiger partial charge in [0.1, 0.15) is 57.5 Å². The first-order valence-electron chi connectivity index (χ1n) is 45.4. The second-order valence-electron chi connectivity index (χ2n) is 25.4. The summed E-state index contributed by atoms with van der Waals surface area (Å²) < 4.78 is 149. The molecule has 0 fully saturated rings. The predicted molar refractivity (Wildman–Crippen MR) is 557 cm³/mol. The molecule has 0 heterocycles. The van der Waals surface area contributed by atoms with Crippen LogP contribution in [-0.2, 0) is 20.7 Å². The molecule has 0 amide bonds. The van der Waals surface area contributed by atoms with Crippen molar-refractivity contribution >= 4 is 9.84 Å². The number of benzene rings is 15. The van der Waals surface area contributed by atoms with Crippen molar-refractivity contribution < 1.29 is 72.7 Å². The Labute approximate surface area is 806 Å². The molecule has 0 spiro atoms. The summed E-state index contributed by atoms with van der Waals surface area (Å²) in [6, 6.07) is 135. The molecule has 15 aromatic rings. The Balaban J connectivity index is -0.00000147. The summed E-state index contributed by atoms with van der Waals surface area (Å²) in [4.78, 5) is 0.469. The number of hydrogen-bond acceptors (Lipinski definition) is 10. The molecule has 0 aliphatic carbocycles. The molecule has 15 rings (SSSR count). The van der Waals surface area contributed by atoms with E-state index in [0.717, 1.165) is 83.0 Å². The Hall–Kier alpha value is -13.8. The maximum absolute atomic E-state index is 13.8. The SMILES string of the molecule is CC.CC.CC.CC.CC.CC.CC.CC.COc1ccc(C(C)(C)c2ccc(OC)cc2)cc1.COc1ccc(C(c2ccc(OC)cc2)(C(F)(F)F)C(F)(F)F)cc1.COc1ccc(S(=O)(=O)c2ccc(OC)cc2)cc1.c1ccc(Oc2cccc(Oc3ccccc3)c2)cc1.c1ccccc1.c1ccccc1.c1ccccc1.c1ccccc1.c1ccccc1.c1ccccc1. The molecule has 0 saturated carbocycles. The number of alkyl halides is 6. The van der Waals surface area contributed by atoms with Gasteiger partial charge in [0.2, 0.25) is 15.3 Å². The quantitative estimate of drug-likeness (QED) is 0.0868. The smallest absolute Gasteiger partial charge is 0.411 e. The molecule has 17 heteroatoms. The van der Waals surface area contributed by atoms with Crippen LogP contribution in [0.1, 0.15) is 147 Å². The van der Waals surface area contributed by atoms with E-state index in [1.807, 2.05) is 438 Å². The fourth-order valence-electron chi connectivity index (χ4n) is 10.7. The largest absolute Gasteiger partial charge is 0.497 e. The van der Waals surface area contributed by atoms with Crippen LogP contribution in [0.5, 0.6) is 57.5 Å². The lowest BCUT2D eigenvalue weighted by molar-refractivity contribution is -0.288. The fraction of sp³-hybridized carbons (Fsp3) is 0.237. The molecule has 135 heavy (non-hydrogen) atoms. The van der Waals surface area contributed by atoms with Gasteiger partial charge in [0.05, 0.1) is 52.4 Å². The fourth-order valence-corrected chi connectivity index (χ4v) is 11.9. The van der Waals surface area contributed by atoms with E-state index < -0.39 is 38.7 Å². The van der Waals surface area contributed by atoms with Crippen molar-refractivity contribution in [3.8, 4) is 57.5 Å². The van der Waals surface area contributed by atoms with Crippen LogP contribution in [0.15, 0.2) is 459 Å². The van der Waals surface area contributed by atoms with Crippen molar-refractivity contribution in [2.24, 2.45) is 0 Å². The van der Waals surface area contributed by atoms with Gasteiger partial charge in [-0.25, -0.2) is 8.42 Å². The van der Waals surface area contributed by atoms with E-state index in [1.54, 1.807) is 38.5 Å². The number of methoxy groups -OCH3 is 6. The third-order valence-corrected chi connectivity index (χ3v) is 18.8. The zero-order valence-corrected chi connectivity index (χ0v) is 84.3. The minimum absolute atomic E-state index is 0.0431. The first-order valence-corrected chi connectivity index (χ1v) is 46.9. The lowest BCUT2D eigenvalue weighted by Gasteiger charge is -2.38. The van der Waals surface area contributed by atoms with Gasteiger partial charge in [0.15, 0.2) is 0 Å². The molecule has 0 atom stereocenters. The zero-order chi connectivity index (χ0) is 102. The van der Waals surface area contributed by atoms with Gasteiger partial charge < -0.3 is 37.9 Å². The first kappa shape index (κ1) is 125. The van der Waals surface area contributed by atoms with Gasteiger partial charge in [-0.3, -0.25) is 0 Å². The molecule has 0 saturated heterocycles. The standard InChI is InChI=1S/C18H14O2.C17H14F6O2.C17H20O2.C14H14O4S.6C6H6.8C2H6/c1-3-8-15(9-4-1)19-17-12-7-13-18(14-17)20-16-10-5-2-6-11-16;1-24-13-7-3-11(4-8-13)15(16(18,19)20,17(21,22)23)12-5-9-14(25-2)10-6-12;1-17(2,13-5-9-15(18-3)10-6-13)14-7-11-16(19-4)12-8-14;1-17-11-3-7-13(8-4-11)19(15,16)14-9-5-12(18-2)6-10-14;6*1-2-4-6-5-3-1;8*1-2/h1-14H;3-10H,1-2H3;5-12H,1-4H3;3-10H,1-2H3;6*1-6H;8*1-2H3. The number of hydrogen-bond donors (Lipinski definition) is 0. The van der Waals surface area contributed by atoms with Crippen LogP contribution >= 0.6 is 0 Å². The van der Waals surface area contributed by atoms with Gasteiger partial charge in [-0.2, -0.15) is 26.3 Å². The van der Waals surface area contributed by atoms with Crippen LogP contribution in [0.4, 0.5) is 26.3 Å². The van der Waals surface area contributed by atoms with Crippen molar-refractivity contribution in [1.82, 2.24) is 0 Å². The Kier molecular flexibility index (Phi) is 74.2. The van der Waals surface area contributed by atoms with Crippen molar-refractivity contribution in [2.45, 2.75) is 158 Å². The van der Waals surface area contributed by atoms with Crippen LogP contribution in [0.2, 0.25) is 0 Å². The van der Waals surface area contributed by atoms with Gasteiger partial charge in [0.25, 0.3) is 0 Å². The summed E-state index contributed by atoms with van der Waals surface area (Å²) >= 11 is 0. The van der Waals surface area contributed by atoms with Crippen molar-refractivity contribution in [3.05, 3.63) is 471 Å². The Morgan fingerprint density at radius 3 is 0.496 bits per heavy atom. The highest BCUT2D eigenvalue weighted by Gasteiger charge is 2.72. The van der Waals surface area contributed by atoms with Crippen LogP contribution < -0.4 is 37.9 Å². The van der Waals surface area contributed by atoms with Crippen LogP contribution in [-0.4, -0.2) is 63.4 Å². The van der Waals surface area contributed by atoms with E-state index in [-0.39, 0.29) is 26.7 Å². The summed E-state index contributed by atoms with van der Waals surface area (Å²) in [7, 11) is 5.46. The average molecular weight is 1870 g/mol. The molecular weight excluding hydrogens is 1720 g/mol. The van der Waals surface area contributed by atoms with Crippen molar-refractivity contribution in [3.63, 3.8) is 0 Å². The normalized spacial score (nSPS) is 9.47. The molecule has 726 valence electrons. The van der Waals surface area contributed by atoms with Crippen molar-refractivity contribution in [2.75, 3.05) is 42.7 Å². The number of sulfone groups is 1. The molecular formula is C118H146F6O10S. The Morgan fingerprint density at radius 1 is 0.185 bits per heavy atom. The summed E-state index contributed by atoms with van der Waals surface area (Å²) in [6.45, 7) is 36.4. The number of halogens is 6. The van der Waals surface area contributed by atoms with E-state index in [9.17, 15) is 34.8 Å². The number of ether oxygens (including phenoxy) is 8. The summed E-state index contributed by atoms with van der Waals surface area (Å²) in [5.41, 5.74) is -3.58. The van der Waals surface area contributed by atoms with E-state index >= 15 is 0 Å². The summed E-state index contributed by atoms with van der Waals surface area (Å²) in [5.74, 6) is 6.43. The molecule has 15 aromatic carbocycles. The molecule has 0 aromatic heterocycles. The van der Waals surface area contributed by atoms with E-state index in [0.29, 0.717) is 11.5 Å². The average Bonchev–Trinajstić information content (AvgIpc) is 0.715. The molecule has 0 radical (unpaired) electrons. The van der Waals surface area contributed by atoms with E-state index in [4.69, 9.17) is 37.9 Å². The zero-order valence-electron chi connectivity index (χ0n) is 83.5. The second-order valence-corrected chi connectivity index (χ2v) is 27.3. The molecule has 0 aliphatic rings. The molecule has 10 nitrogen and oxygen atoms in total. The topological polar surface area (TPSA) is 108 Å². The lowest BCUT2D eigenvalue weighted by atomic mass is 9.73. The molecule has 0 bridgehead atoms. The second kappa shape index (κ2) is 79.9. The van der Waals surface area contributed by atoms with Gasteiger partial charge >= 0.3 is 12.4 Å². The Morgan fingerprint density at radius 2 is 0.333 bits per heavy atom. The highest BCUT2D eigenvalue weighted by atomic mass is 32.2. The van der Waals surface area contributed by atoms with E-state index in [1.165, 1.54) is 63.8 Å². The van der Waals surface area contributed by atoms with Crippen LogP contribution in [0.3, 0.4) is 0 Å².